The number of carboxylic acids is 1. The second-order valence-corrected chi connectivity index (χ2v) is 8.09. The third kappa shape index (κ3) is 3.46. The van der Waals surface area contributed by atoms with Crippen LogP contribution in [0.25, 0.3) is 0 Å². The van der Waals surface area contributed by atoms with E-state index in [0.29, 0.717) is 22.1 Å². The summed E-state index contributed by atoms with van der Waals surface area (Å²) in [5.74, 6) is -1.80. The summed E-state index contributed by atoms with van der Waals surface area (Å²) in [7, 11) is 0. The summed E-state index contributed by atoms with van der Waals surface area (Å²) in [5.41, 5.74) is -1.12. The van der Waals surface area contributed by atoms with Gasteiger partial charge in [-0.25, -0.2) is 9.18 Å². The quantitative estimate of drug-likeness (QED) is 0.706. The number of benzene rings is 1. The van der Waals surface area contributed by atoms with E-state index in [0.717, 1.165) is 24.0 Å². The molecule has 140 valence electrons. The van der Waals surface area contributed by atoms with Gasteiger partial charge in [-0.15, -0.1) is 11.8 Å². The van der Waals surface area contributed by atoms with Gasteiger partial charge >= 0.3 is 12.1 Å². The monoisotopic (exact) mass is 405 g/mol. The Morgan fingerprint density at radius 1 is 1.31 bits per heavy atom. The van der Waals surface area contributed by atoms with Gasteiger partial charge in [-0.3, -0.25) is 0 Å². The molecule has 0 fully saturated rings. The lowest BCUT2D eigenvalue weighted by Crippen LogP contribution is -2.30. The van der Waals surface area contributed by atoms with Gasteiger partial charge in [-0.2, -0.15) is 24.9 Å². The van der Waals surface area contributed by atoms with Crippen molar-refractivity contribution in [2.24, 2.45) is 0 Å². The zero-order valence-corrected chi connectivity index (χ0v) is 15.2. The molecule has 0 radical (unpaired) electrons. The number of hydrogen-bond donors (Lipinski definition) is 2. The average Bonchev–Trinajstić information content (AvgIpc) is 2.77. The van der Waals surface area contributed by atoms with Crippen LogP contribution in [0.15, 0.2) is 40.1 Å². The number of hydrogen-bond acceptors (Lipinski definition) is 4. The number of thioether (sulfide) groups is 2. The van der Waals surface area contributed by atoms with Crippen molar-refractivity contribution in [1.82, 2.24) is 5.32 Å². The van der Waals surface area contributed by atoms with E-state index in [4.69, 9.17) is 0 Å². The van der Waals surface area contributed by atoms with Gasteiger partial charge in [-0.1, -0.05) is 6.07 Å². The van der Waals surface area contributed by atoms with Crippen LogP contribution in [0.4, 0.5) is 17.6 Å². The van der Waals surface area contributed by atoms with Gasteiger partial charge in [-0.05, 0) is 19.1 Å². The van der Waals surface area contributed by atoms with Crippen LogP contribution >= 0.6 is 23.5 Å². The van der Waals surface area contributed by atoms with Crippen molar-refractivity contribution in [2.45, 2.75) is 19.0 Å². The minimum absolute atomic E-state index is 0.237. The molecule has 2 aliphatic rings. The third-order valence-corrected chi connectivity index (χ3v) is 6.65. The van der Waals surface area contributed by atoms with Crippen molar-refractivity contribution >= 4 is 29.5 Å². The molecule has 0 bridgehead atoms. The number of rotatable bonds is 2. The SMILES string of the molecule is CC1=C(C(=O)O)C(c2c(F)cccc2C(F)(F)F)C2=C(CSCCS2)N1. The summed E-state index contributed by atoms with van der Waals surface area (Å²) in [6, 6.07) is 2.73. The van der Waals surface area contributed by atoms with Crippen LogP contribution in [-0.4, -0.2) is 28.3 Å². The average molecular weight is 405 g/mol. The number of halogens is 4. The zero-order valence-electron chi connectivity index (χ0n) is 13.6. The molecule has 0 spiro atoms. The second-order valence-electron chi connectivity index (χ2n) is 5.84. The van der Waals surface area contributed by atoms with E-state index in [1.165, 1.54) is 18.7 Å². The van der Waals surface area contributed by atoms with Crippen molar-refractivity contribution < 1.29 is 27.5 Å². The Morgan fingerprint density at radius 3 is 2.69 bits per heavy atom. The Balaban J connectivity index is 2.29. The van der Waals surface area contributed by atoms with E-state index in [1.807, 2.05) is 0 Å². The molecule has 0 aliphatic carbocycles. The molecule has 0 saturated carbocycles. The molecule has 2 heterocycles. The van der Waals surface area contributed by atoms with Crippen molar-refractivity contribution in [2.75, 3.05) is 17.3 Å². The number of alkyl halides is 3. The summed E-state index contributed by atoms with van der Waals surface area (Å²) >= 11 is 2.88. The van der Waals surface area contributed by atoms with E-state index in [-0.39, 0.29) is 11.3 Å². The van der Waals surface area contributed by atoms with Gasteiger partial charge in [0.05, 0.1) is 17.1 Å². The van der Waals surface area contributed by atoms with Crippen LogP contribution in [0, 0.1) is 5.82 Å². The van der Waals surface area contributed by atoms with E-state index in [1.54, 1.807) is 11.8 Å². The largest absolute Gasteiger partial charge is 0.478 e. The van der Waals surface area contributed by atoms with Crippen LogP contribution in [0.5, 0.6) is 0 Å². The fraction of sp³-hybridized carbons (Fsp3) is 0.353. The van der Waals surface area contributed by atoms with Gasteiger partial charge in [0.25, 0.3) is 0 Å². The number of allylic oxidation sites excluding steroid dienone is 2. The fourth-order valence-corrected chi connectivity index (χ4v) is 5.57. The Bertz CT molecular complexity index is 817. The molecule has 0 aromatic heterocycles. The smallest absolute Gasteiger partial charge is 0.416 e. The van der Waals surface area contributed by atoms with Gasteiger partial charge in [0.2, 0.25) is 0 Å². The van der Waals surface area contributed by atoms with Crippen LogP contribution in [0.1, 0.15) is 24.0 Å². The molecular weight excluding hydrogens is 390 g/mol. The first kappa shape index (κ1) is 19.2. The maximum absolute atomic E-state index is 14.6. The van der Waals surface area contributed by atoms with E-state index in [2.05, 4.69) is 5.32 Å². The van der Waals surface area contributed by atoms with Crippen molar-refractivity contribution in [3.63, 3.8) is 0 Å². The molecule has 3 nitrogen and oxygen atoms in total. The highest BCUT2D eigenvalue weighted by Gasteiger charge is 2.43. The van der Waals surface area contributed by atoms with E-state index in [9.17, 15) is 27.5 Å². The second kappa shape index (κ2) is 7.19. The fourth-order valence-electron chi connectivity index (χ4n) is 3.18. The van der Waals surface area contributed by atoms with Crippen LogP contribution in [-0.2, 0) is 11.0 Å². The Labute approximate surface area is 155 Å². The molecule has 3 rings (SSSR count). The van der Waals surface area contributed by atoms with Crippen molar-refractivity contribution in [3.05, 3.63) is 57.0 Å². The highest BCUT2D eigenvalue weighted by Crippen LogP contribution is 2.49. The molecule has 9 heteroatoms. The lowest BCUT2D eigenvalue weighted by molar-refractivity contribution is -0.139. The summed E-state index contributed by atoms with van der Waals surface area (Å²) in [5, 5.41) is 12.6. The highest BCUT2D eigenvalue weighted by molar-refractivity contribution is 8.05. The van der Waals surface area contributed by atoms with Gasteiger partial charge in [0, 0.05) is 39.1 Å². The maximum Gasteiger partial charge on any atom is 0.416 e. The number of dihydropyridines is 1. The predicted octanol–water partition coefficient (Wildman–Crippen LogP) is 4.58. The van der Waals surface area contributed by atoms with Gasteiger partial charge < -0.3 is 10.4 Å². The summed E-state index contributed by atoms with van der Waals surface area (Å²) < 4.78 is 55.2. The Hall–Kier alpha value is -1.61. The topological polar surface area (TPSA) is 49.3 Å². The van der Waals surface area contributed by atoms with Crippen LogP contribution in [0.2, 0.25) is 0 Å². The molecule has 2 aliphatic heterocycles. The molecule has 0 amide bonds. The number of aliphatic carboxylic acids is 1. The Morgan fingerprint density at radius 2 is 2.04 bits per heavy atom. The normalized spacial score (nSPS) is 21.2. The molecule has 2 N–H and O–H groups in total. The molecule has 1 aromatic rings. The van der Waals surface area contributed by atoms with Gasteiger partial charge in [0.1, 0.15) is 5.82 Å². The first-order valence-corrected chi connectivity index (χ1v) is 9.86. The standard InChI is InChI=1S/C17H15F4NO2S2/c1-8-12(16(23)24)14(15-11(22-8)7-25-5-6-26-15)13-9(17(19,20)21)3-2-4-10(13)18/h2-4,14,22H,5-7H2,1H3,(H,23,24). The minimum Gasteiger partial charge on any atom is -0.478 e. The van der Waals surface area contributed by atoms with Crippen molar-refractivity contribution in [1.29, 1.82) is 0 Å². The molecule has 1 unspecified atom stereocenters. The third-order valence-electron chi connectivity index (χ3n) is 4.20. The number of carboxylic acid groups (broad SMARTS) is 1. The summed E-state index contributed by atoms with van der Waals surface area (Å²) in [4.78, 5) is 12.3. The molecule has 1 aromatic carbocycles. The Kier molecular flexibility index (Phi) is 5.30. The minimum atomic E-state index is -4.79. The molecular formula is C17H15F4NO2S2. The van der Waals surface area contributed by atoms with E-state index < -0.39 is 35.0 Å². The lowest BCUT2D eigenvalue weighted by atomic mass is 9.83. The first-order valence-electron chi connectivity index (χ1n) is 7.72. The molecule has 0 saturated heterocycles. The summed E-state index contributed by atoms with van der Waals surface area (Å²) in [6.07, 6.45) is -4.79. The summed E-state index contributed by atoms with van der Waals surface area (Å²) in [6.45, 7) is 1.49. The molecule has 26 heavy (non-hydrogen) atoms. The first-order chi connectivity index (χ1) is 12.2. The zero-order chi connectivity index (χ0) is 19.1. The van der Waals surface area contributed by atoms with Crippen LogP contribution < -0.4 is 5.32 Å². The lowest BCUT2D eigenvalue weighted by Gasteiger charge is -2.32. The number of nitrogens with one attached hydrogen (secondary N) is 1. The highest BCUT2D eigenvalue weighted by atomic mass is 32.2. The van der Waals surface area contributed by atoms with E-state index >= 15 is 0 Å². The number of carbonyl (C=O) groups is 1. The molecule has 1 atom stereocenters. The van der Waals surface area contributed by atoms with Crippen LogP contribution in [0.3, 0.4) is 0 Å². The van der Waals surface area contributed by atoms with Gasteiger partial charge in [0.15, 0.2) is 0 Å². The maximum atomic E-state index is 14.6. The predicted molar refractivity (Wildman–Crippen MR) is 94.4 cm³/mol. The van der Waals surface area contributed by atoms with Crippen molar-refractivity contribution in [3.8, 4) is 0 Å².